The third-order valence-corrected chi connectivity index (χ3v) is 5.03. The molecule has 39 heavy (non-hydrogen) atoms. The summed E-state index contributed by atoms with van der Waals surface area (Å²) in [6.45, 7) is -0.0919. The van der Waals surface area contributed by atoms with Crippen LogP contribution in [-0.4, -0.2) is 53.9 Å². The second-order valence-corrected chi connectivity index (χ2v) is 7.63. The number of non-ortho nitro benzene ring substituents is 1. The standard InChI is InChI=1S/C18H15NO7.C9H8O4/c1-25-18(22)14-6-4-13(5-7-14)16(20)10-17(21)26-11-12-2-8-15(9-3-12)19(23)24;1-13-9(12)7-4-2-6(3-5-7)8(10)11/h2-9H,10-11H2,1H3;2-5H,1H3,(H,10,11). The Morgan fingerprint density at radius 2 is 1.15 bits per heavy atom. The Balaban J connectivity index is 0.000000344. The molecule has 0 saturated carbocycles. The van der Waals surface area contributed by atoms with Gasteiger partial charge < -0.3 is 19.3 Å². The molecule has 202 valence electrons. The molecule has 0 aliphatic heterocycles. The van der Waals surface area contributed by atoms with Crippen molar-refractivity contribution < 1.29 is 48.2 Å². The van der Waals surface area contributed by atoms with Crippen LogP contribution in [0.15, 0.2) is 72.8 Å². The molecule has 12 nitrogen and oxygen atoms in total. The summed E-state index contributed by atoms with van der Waals surface area (Å²) < 4.78 is 14.0. The fourth-order valence-electron chi connectivity index (χ4n) is 2.94. The van der Waals surface area contributed by atoms with Crippen LogP contribution in [0.2, 0.25) is 0 Å². The van der Waals surface area contributed by atoms with Crippen LogP contribution >= 0.6 is 0 Å². The zero-order valence-electron chi connectivity index (χ0n) is 20.8. The largest absolute Gasteiger partial charge is 0.478 e. The molecule has 0 aliphatic rings. The molecule has 3 aromatic rings. The molecule has 0 unspecified atom stereocenters. The molecule has 0 atom stereocenters. The molecule has 0 fully saturated rings. The van der Waals surface area contributed by atoms with Crippen LogP contribution in [0, 0.1) is 10.1 Å². The molecule has 0 spiro atoms. The van der Waals surface area contributed by atoms with Crippen molar-refractivity contribution in [1.29, 1.82) is 0 Å². The van der Waals surface area contributed by atoms with Crippen LogP contribution in [0.1, 0.15) is 53.4 Å². The average Bonchev–Trinajstić information content (AvgIpc) is 2.95. The molecule has 0 bridgehead atoms. The summed E-state index contributed by atoms with van der Waals surface area (Å²) in [5, 5.41) is 19.1. The Bertz CT molecular complexity index is 1350. The number of esters is 3. The fraction of sp³-hybridized carbons (Fsp3) is 0.148. The summed E-state index contributed by atoms with van der Waals surface area (Å²) in [4.78, 5) is 66.5. The summed E-state index contributed by atoms with van der Waals surface area (Å²) in [6.07, 6.45) is -0.454. The predicted octanol–water partition coefficient (Wildman–Crippen LogP) is 3.87. The van der Waals surface area contributed by atoms with Crippen LogP contribution in [0.3, 0.4) is 0 Å². The van der Waals surface area contributed by atoms with Gasteiger partial charge in [-0.25, -0.2) is 14.4 Å². The molecule has 0 radical (unpaired) electrons. The number of benzene rings is 3. The van der Waals surface area contributed by atoms with Crippen LogP contribution in [0.5, 0.6) is 0 Å². The van der Waals surface area contributed by atoms with Gasteiger partial charge in [0.1, 0.15) is 13.0 Å². The third kappa shape index (κ3) is 9.21. The van der Waals surface area contributed by atoms with E-state index in [1.54, 1.807) is 0 Å². The van der Waals surface area contributed by atoms with Gasteiger partial charge in [-0.15, -0.1) is 0 Å². The van der Waals surface area contributed by atoms with Crippen LogP contribution in [0.25, 0.3) is 0 Å². The summed E-state index contributed by atoms with van der Waals surface area (Å²) in [7, 11) is 2.52. The molecule has 12 heteroatoms. The molecule has 3 aromatic carbocycles. The first-order chi connectivity index (χ1) is 18.5. The Hall–Kier alpha value is -5.39. The maximum absolute atomic E-state index is 12.0. The van der Waals surface area contributed by atoms with Gasteiger partial charge in [0, 0.05) is 17.7 Å². The Labute approximate surface area is 221 Å². The van der Waals surface area contributed by atoms with Gasteiger partial charge in [0.2, 0.25) is 0 Å². The van der Waals surface area contributed by atoms with Gasteiger partial charge in [0.15, 0.2) is 5.78 Å². The van der Waals surface area contributed by atoms with E-state index in [2.05, 4.69) is 9.47 Å². The van der Waals surface area contributed by atoms with E-state index in [0.717, 1.165) is 0 Å². The summed E-state index contributed by atoms with van der Waals surface area (Å²) in [5.41, 5.74) is 1.55. The number of nitro groups is 1. The Morgan fingerprint density at radius 3 is 1.56 bits per heavy atom. The summed E-state index contributed by atoms with van der Waals surface area (Å²) in [5.74, 6) is -3.18. The Morgan fingerprint density at radius 1 is 0.718 bits per heavy atom. The van der Waals surface area contributed by atoms with Gasteiger partial charge >= 0.3 is 23.9 Å². The van der Waals surface area contributed by atoms with E-state index in [0.29, 0.717) is 16.7 Å². The van der Waals surface area contributed by atoms with Crippen LogP contribution in [0.4, 0.5) is 5.69 Å². The van der Waals surface area contributed by atoms with Crippen molar-refractivity contribution >= 4 is 35.3 Å². The van der Waals surface area contributed by atoms with Crippen molar-refractivity contribution in [3.63, 3.8) is 0 Å². The zero-order chi connectivity index (χ0) is 28.9. The van der Waals surface area contributed by atoms with Gasteiger partial charge in [-0.3, -0.25) is 19.7 Å². The van der Waals surface area contributed by atoms with E-state index >= 15 is 0 Å². The summed E-state index contributed by atoms with van der Waals surface area (Å²) in [6, 6.07) is 16.8. The predicted molar refractivity (Wildman–Crippen MR) is 134 cm³/mol. The number of nitro benzene ring substituents is 1. The molecule has 3 rings (SSSR count). The van der Waals surface area contributed by atoms with Crippen molar-refractivity contribution in [3.8, 4) is 0 Å². The van der Waals surface area contributed by atoms with Crippen LogP contribution < -0.4 is 0 Å². The smallest absolute Gasteiger partial charge is 0.337 e. The highest BCUT2D eigenvalue weighted by atomic mass is 16.6. The maximum Gasteiger partial charge on any atom is 0.337 e. The topological polar surface area (TPSA) is 176 Å². The van der Waals surface area contributed by atoms with Gasteiger partial charge in [-0.05, 0) is 54.1 Å². The highest BCUT2D eigenvalue weighted by Crippen LogP contribution is 2.13. The molecular formula is C27H23NO11. The second-order valence-electron chi connectivity index (χ2n) is 7.63. The molecule has 0 aliphatic carbocycles. The average molecular weight is 537 g/mol. The molecular weight excluding hydrogens is 514 g/mol. The number of carbonyl (C=O) groups is 5. The minimum atomic E-state index is -1.02. The normalized spacial score (nSPS) is 9.79. The lowest BCUT2D eigenvalue weighted by atomic mass is 10.1. The number of Topliss-reactive ketones (excluding diaryl/α,β-unsaturated/α-hetero) is 1. The van der Waals surface area contributed by atoms with E-state index in [-0.39, 0.29) is 23.4 Å². The number of carboxylic acids is 1. The molecule has 1 N–H and O–H groups in total. The third-order valence-electron chi connectivity index (χ3n) is 5.03. The first kappa shape index (κ1) is 29.8. The lowest BCUT2D eigenvalue weighted by Crippen LogP contribution is -2.12. The van der Waals surface area contributed by atoms with Gasteiger partial charge in [0.25, 0.3) is 5.69 Å². The minimum absolute atomic E-state index is 0.0642. The van der Waals surface area contributed by atoms with Gasteiger partial charge in [-0.2, -0.15) is 0 Å². The lowest BCUT2D eigenvalue weighted by Gasteiger charge is -2.05. The number of methoxy groups -OCH3 is 2. The highest BCUT2D eigenvalue weighted by molar-refractivity contribution is 6.06. The molecule has 0 amide bonds. The lowest BCUT2D eigenvalue weighted by molar-refractivity contribution is -0.384. The van der Waals surface area contributed by atoms with Gasteiger partial charge in [-0.1, -0.05) is 12.1 Å². The van der Waals surface area contributed by atoms with Crippen molar-refractivity contribution in [2.75, 3.05) is 14.2 Å². The SMILES string of the molecule is COC(=O)c1ccc(C(=O)CC(=O)OCc2ccc([N+](=O)[O-])cc2)cc1.COC(=O)c1ccc(C(=O)O)cc1. The van der Waals surface area contributed by atoms with E-state index in [1.807, 2.05) is 0 Å². The van der Waals surface area contributed by atoms with E-state index in [4.69, 9.17) is 9.84 Å². The van der Waals surface area contributed by atoms with Crippen molar-refractivity contribution in [1.82, 2.24) is 0 Å². The first-order valence-electron chi connectivity index (χ1n) is 11.1. The summed E-state index contributed by atoms with van der Waals surface area (Å²) >= 11 is 0. The quantitative estimate of drug-likeness (QED) is 0.105. The molecule has 0 saturated heterocycles. The number of hydrogen-bond acceptors (Lipinski definition) is 10. The van der Waals surface area contributed by atoms with E-state index < -0.39 is 41.0 Å². The number of rotatable bonds is 9. The number of aromatic carboxylic acids is 1. The number of ketones is 1. The number of hydrogen-bond donors (Lipinski definition) is 1. The maximum atomic E-state index is 12.0. The van der Waals surface area contributed by atoms with E-state index in [9.17, 15) is 34.1 Å². The van der Waals surface area contributed by atoms with Crippen LogP contribution in [-0.2, 0) is 25.6 Å². The minimum Gasteiger partial charge on any atom is -0.478 e. The monoisotopic (exact) mass is 537 g/mol. The second kappa shape index (κ2) is 14.4. The van der Waals surface area contributed by atoms with Crippen molar-refractivity contribution in [3.05, 3.63) is 111 Å². The fourth-order valence-corrected chi connectivity index (χ4v) is 2.94. The molecule has 0 aromatic heterocycles. The number of ether oxygens (including phenoxy) is 3. The molecule has 0 heterocycles. The Kier molecular flexibility index (Phi) is 11.0. The first-order valence-corrected chi connectivity index (χ1v) is 11.1. The zero-order valence-corrected chi connectivity index (χ0v) is 20.8. The number of nitrogens with zero attached hydrogens (tertiary/aromatic N) is 1. The van der Waals surface area contributed by atoms with Gasteiger partial charge in [0.05, 0.1) is 35.8 Å². The van der Waals surface area contributed by atoms with E-state index in [1.165, 1.54) is 87.0 Å². The van der Waals surface area contributed by atoms with Crippen molar-refractivity contribution in [2.45, 2.75) is 13.0 Å². The number of carboxylic acid groups (broad SMARTS) is 1. The number of carbonyl (C=O) groups excluding carboxylic acids is 4. The highest BCUT2D eigenvalue weighted by Gasteiger charge is 2.15. The van der Waals surface area contributed by atoms with Crippen molar-refractivity contribution in [2.24, 2.45) is 0 Å².